The molecule has 1 aromatic carbocycles. The third kappa shape index (κ3) is 3.89. The molecule has 1 aliphatic rings. The van der Waals surface area contributed by atoms with E-state index in [4.69, 9.17) is 4.52 Å². The van der Waals surface area contributed by atoms with Gasteiger partial charge in [0, 0.05) is 5.56 Å². The molecule has 2 atom stereocenters. The Kier molecular flexibility index (Phi) is 4.92. The first-order valence-electron chi connectivity index (χ1n) is 6.73. The Morgan fingerprint density at radius 3 is 2.65 bits per heavy atom. The van der Waals surface area contributed by atoms with Crippen molar-refractivity contribution in [3.05, 3.63) is 47.5 Å². The van der Waals surface area contributed by atoms with E-state index in [1.807, 2.05) is 13.0 Å². The lowest BCUT2D eigenvalue weighted by atomic mass is 9.96. The lowest BCUT2D eigenvalue weighted by molar-refractivity contribution is 0.101. The molecule has 0 aromatic heterocycles. The van der Waals surface area contributed by atoms with Crippen molar-refractivity contribution in [3.63, 3.8) is 0 Å². The minimum absolute atomic E-state index is 0.149. The van der Waals surface area contributed by atoms with Crippen molar-refractivity contribution >= 4 is 13.1 Å². The van der Waals surface area contributed by atoms with Crippen LogP contribution in [0.15, 0.2) is 36.4 Å². The van der Waals surface area contributed by atoms with Crippen molar-refractivity contribution in [3.8, 4) is 0 Å². The van der Waals surface area contributed by atoms with Gasteiger partial charge in [-0.2, -0.15) is 0 Å². The Morgan fingerprint density at radius 1 is 1.35 bits per heavy atom. The Balaban J connectivity index is 1.98. The third-order valence-corrected chi connectivity index (χ3v) is 4.69. The van der Waals surface area contributed by atoms with Gasteiger partial charge in [0.25, 0.3) is 5.52 Å². The second-order valence-corrected chi connectivity index (χ2v) is 6.84. The molecule has 0 heterocycles. The van der Waals surface area contributed by atoms with Crippen LogP contribution in [0.4, 0.5) is 0 Å². The van der Waals surface area contributed by atoms with Crippen LogP contribution in [0.3, 0.4) is 0 Å². The second kappa shape index (κ2) is 6.49. The molecule has 0 radical (unpaired) electrons. The van der Waals surface area contributed by atoms with Crippen LogP contribution in [0, 0.1) is 12.8 Å². The number of rotatable bonds is 5. The van der Waals surface area contributed by atoms with E-state index >= 15 is 0 Å². The van der Waals surface area contributed by atoms with Crippen LogP contribution in [-0.2, 0) is 9.09 Å². The van der Waals surface area contributed by atoms with Gasteiger partial charge < -0.3 is 9.42 Å². The highest BCUT2D eigenvalue weighted by Gasteiger charge is 2.32. The number of hydrogen-bond donors (Lipinski definition) is 1. The summed E-state index contributed by atoms with van der Waals surface area (Å²) in [4.78, 5) is 21.8. The zero-order valence-corrected chi connectivity index (χ0v) is 12.4. The zero-order chi connectivity index (χ0) is 14.6. The van der Waals surface area contributed by atoms with Gasteiger partial charge in [-0.25, -0.2) is 0 Å². The average molecular weight is 294 g/mol. The van der Waals surface area contributed by atoms with Gasteiger partial charge in [-0.15, -0.1) is 0 Å². The number of hydrogen-bond acceptors (Lipinski definition) is 3. The largest absolute Gasteiger partial charge is 0.399 e. The van der Waals surface area contributed by atoms with Gasteiger partial charge in [-0.1, -0.05) is 42.0 Å². The van der Waals surface area contributed by atoms with E-state index in [9.17, 15) is 14.3 Å². The standard InChI is InChI=1S/C15H19O4P/c1-12-7-9-14(10-8-12)15(16)20(17,18)19-11-13-5-3-2-4-6-13/h2-3,7-10,13H,4-6,11H2,1H3,(H,17,18). The highest BCUT2D eigenvalue weighted by Crippen LogP contribution is 2.46. The van der Waals surface area contributed by atoms with Crippen molar-refractivity contribution in [2.75, 3.05) is 6.61 Å². The summed E-state index contributed by atoms with van der Waals surface area (Å²) in [5, 5.41) is 0. The van der Waals surface area contributed by atoms with E-state index in [-0.39, 0.29) is 18.1 Å². The average Bonchev–Trinajstić information content (AvgIpc) is 2.46. The van der Waals surface area contributed by atoms with Crippen LogP contribution >= 0.6 is 7.60 Å². The summed E-state index contributed by atoms with van der Waals surface area (Å²) in [6, 6.07) is 6.57. The molecule has 2 rings (SSSR count). The van der Waals surface area contributed by atoms with Gasteiger partial charge in [0.1, 0.15) is 0 Å². The van der Waals surface area contributed by atoms with Crippen molar-refractivity contribution in [1.29, 1.82) is 0 Å². The summed E-state index contributed by atoms with van der Waals surface area (Å²) in [6.45, 7) is 2.04. The maximum absolute atomic E-state index is 12.0. The first-order valence-corrected chi connectivity index (χ1v) is 8.31. The molecule has 1 N–H and O–H groups in total. The number of carbonyl (C=O) groups excluding carboxylic acids is 1. The topological polar surface area (TPSA) is 63.6 Å². The van der Waals surface area contributed by atoms with Gasteiger partial charge in [-0.3, -0.25) is 9.36 Å². The minimum Gasteiger partial charge on any atom is -0.319 e. The van der Waals surface area contributed by atoms with Crippen LogP contribution in [-0.4, -0.2) is 17.0 Å². The van der Waals surface area contributed by atoms with Crippen molar-refractivity contribution in [1.82, 2.24) is 0 Å². The van der Waals surface area contributed by atoms with Crippen LogP contribution in [0.2, 0.25) is 0 Å². The summed E-state index contributed by atoms with van der Waals surface area (Å²) in [5.74, 6) is 0.214. The molecule has 5 heteroatoms. The summed E-state index contributed by atoms with van der Waals surface area (Å²) in [6.07, 6.45) is 6.84. The van der Waals surface area contributed by atoms with E-state index < -0.39 is 13.1 Å². The minimum atomic E-state index is -4.25. The molecule has 1 aromatic rings. The Hall–Kier alpha value is -1.22. The zero-order valence-electron chi connectivity index (χ0n) is 11.5. The number of aryl methyl sites for hydroxylation is 1. The van der Waals surface area contributed by atoms with Crippen LogP contribution in [0.25, 0.3) is 0 Å². The van der Waals surface area contributed by atoms with E-state index in [0.29, 0.717) is 0 Å². The van der Waals surface area contributed by atoms with Crippen molar-refractivity contribution in [2.45, 2.75) is 26.2 Å². The van der Waals surface area contributed by atoms with Crippen LogP contribution in [0.1, 0.15) is 35.2 Å². The monoisotopic (exact) mass is 294 g/mol. The molecule has 2 unspecified atom stereocenters. The quantitative estimate of drug-likeness (QED) is 0.664. The molecule has 4 nitrogen and oxygen atoms in total. The molecule has 1 aliphatic carbocycles. The number of allylic oxidation sites excluding steroid dienone is 2. The molecule has 0 spiro atoms. The molecule has 0 fully saturated rings. The summed E-state index contributed by atoms with van der Waals surface area (Å²) < 4.78 is 17.1. The SMILES string of the molecule is Cc1ccc(C(=O)P(=O)(O)OCC2CC=CCC2)cc1. The number of benzene rings is 1. The Morgan fingerprint density at radius 2 is 2.05 bits per heavy atom. The van der Waals surface area contributed by atoms with Crippen molar-refractivity contribution < 1.29 is 18.8 Å². The predicted molar refractivity (Wildman–Crippen MR) is 77.8 cm³/mol. The Labute approximate surface area is 119 Å². The lowest BCUT2D eigenvalue weighted by Gasteiger charge is -2.19. The molecule has 0 saturated carbocycles. The van der Waals surface area contributed by atoms with Crippen LogP contribution in [0.5, 0.6) is 0 Å². The van der Waals surface area contributed by atoms with E-state index in [1.54, 1.807) is 24.3 Å². The fourth-order valence-corrected chi connectivity index (χ4v) is 3.14. The van der Waals surface area contributed by atoms with Gasteiger partial charge in [-0.05, 0) is 32.1 Å². The maximum Gasteiger partial charge on any atom is 0.399 e. The molecular weight excluding hydrogens is 275 g/mol. The van der Waals surface area contributed by atoms with E-state index in [1.165, 1.54) is 0 Å². The molecule has 0 saturated heterocycles. The predicted octanol–water partition coefficient (Wildman–Crippen LogP) is 3.69. The molecular formula is C15H19O4P. The van der Waals surface area contributed by atoms with E-state index in [2.05, 4.69) is 6.08 Å². The van der Waals surface area contributed by atoms with Gasteiger partial charge in [0.15, 0.2) is 0 Å². The third-order valence-electron chi connectivity index (χ3n) is 3.42. The molecule has 0 aliphatic heterocycles. The summed E-state index contributed by atoms with van der Waals surface area (Å²) in [5.41, 5.74) is 0.373. The summed E-state index contributed by atoms with van der Waals surface area (Å²) in [7, 11) is -4.25. The lowest BCUT2D eigenvalue weighted by Crippen LogP contribution is -2.12. The Bertz CT molecular complexity index is 547. The molecule has 20 heavy (non-hydrogen) atoms. The fraction of sp³-hybridized carbons (Fsp3) is 0.400. The maximum atomic E-state index is 12.0. The molecule has 108 valence electrons. The van der Waals surface area contributed by atoms with E-state index in [0.717, 1.165) is 24.8 Å². The highest BCUT2D eigenvalue weighted by atomic mass is 31.2. The highest BCUT2D eigenvalue weighted by molar-refractivity contribution is 7.71. The van der Waals surface area contributed by atoms with Crippen molar-refractivity contribution in [2.24, 2.45) is 5.92 Å². The molecule has 0 bridgehead atoms. The first-order chi connectivity index (χ1) is 9.49. The first kappa shape index (κ1) is 15.2. The number of carbonyl (C=O) groups is 1. The fourth-order valence-electron chi connectivity index (χ4n) is 2.13. The normalized spacial score (nSPS) is 21.4. The van der Waals surface area contributed by atoms with Gasteiger partial charge in [0.2, 0.25) is 0 Å². The summed E-state index contributed by atoms with van der Waals surface area (Å²) >= 11 is 0. The second-order valence-electron chi connectivity index (χ2n) is 5.14. The van der Waals surface area contributed by atoms with Gasteiger partial charge in [0.05, 0.1) is 6.61 Å². The van der Waals surface area contributed by atoms with Crippen LogP contribution < -0.4 is 0 Å². The molecule has 0 amide bonds. The smallest absolute Gasteiger partial charge is 0.319 e. The van der Waals surface area contributed by atoms with Gasteiger partial charge >= 0.3 is 7.60 Å².